The molecule has 0 amide bonds. The van der Waals surface area contributed by atoms with Gasteiger partial charge in [0.05, 0.1) is 6.07 Å². The van der Waals surface area contributed by atoms with E-state index in [1.165, 1.54) is 5.56 Å². The molecule has 66 valence electrons. The van der Waals surface area contributed by atoms with Crippen LogP contribution in [0.2, 0.25) is 5.02 Å². The number of nitriles is 1. The lowest BCUT2D eigenvalue weighted by atomic mass is 9.99. The molecule has 0 saturated carbocycles. The molecule has 1 aliphatic heterocycles. The standard InChI is InChI=1S/C10H9ClN2/c11-8-1-2-10-9(5-8)7(3-4-12)6-13-10/h1-2,5,7,13H,3,6H2. The van der Waals surface area contributed by atoms with Crippen molar-refractivity contribution >= 4 is 17.3 Å². The average molecular weight is 193 g/mol. The van der Waals surface area contributed by atoms with Gasteiger partial charge in [-0.05, 0) is 23.8 Å². The Balaban J connectivity index is 2.36. The van der Waals surface area contributed by atoms with Crippen LogP contribution >= 0.6 is 11.6 Å². The highest BCUT2D eigenvalue weighted by Crippen LogP contribution is 2.34. The third kappa shape index (κ3) is 1.48. The molecule has 1 atom stereocenters. The number of hydrogen-bond acceptors (Lipinski definition) is 2. The second kappa shape index (κ2) is 3.27. The van der Waals surface area contributed by atoms with Crippen molar-refractivity contribution in [2.24, 2.45) is 0 Å². The van der Waals surface area contributed by atoms with E-state index in [2.05, 4.69) is 11.4 Å². The van der Waals surface area contributed by atoms with Crippen LogP contribution in [0.15, 0.2) is 18.2 Å². The number of nitrogens with one attached hydrogen (secondary N) is 1. The molecule has 0 aliphatic carbocycles. The zero-order chi connectivity index (χ0) is 9.26. The van der Waals surface area contributed by atoms with Crippen LogP contribution in [-0.4, -0.2) is 6.54 Å². The Morgan fingerprint density at radius 1 is 1.62 bits per heavy atom. The lowest BCUT2D eigenvalue weighted by Gasteiger charge is -2.04. The fraction of sp³-hybridized carbons (Fsp3) is 0.300. The predicted molar refractivity (Wildman–Crippen MR) is 52.9 cm³/mol. The Morgan fingerprint density at radius 3 is 3.23 bits per heavy atom. The first-order valence-electron chi connectivity index (χ1n) is 4.21. The van der Waals surface area contributed by atoms with E-state index >= 15 is 0 Å². The summed E-state index contributed by atoms with van der Waals surface area (Å²) in [6.07, 6.45) is 0.556. The Bertz CT molecular complexity index is 368. The Labute approximate surface area is 82.1 Å². The summed E-state index contributed by atoms with van der Waals surface area (Å²) in [7, 11) is 0. The molecule has 2 rings (SSSR count). The lowest BCUT2D eigenvalue weighted by Crippen LogP contribution is -2.00. The van der Waals surface area contributed by atoms with Crippen LogP contribution in [0, 0.1) is 11.3 Å². The van der Waals surface area contributed by atoms with Gasteiger partial charge in [-0.1, -0.05) is 11.6 Å². The van der Waals surface area contributed by atoms with E-state index in [9.17, 15) is 0 Å². The van der Waals surface area contributed by atoms with Gasteiger partial charge in [0.2, 0.25) is 0 Å². The van der Waals surface area contributed by atoms with Gasteiger partial charge in [0.1, 0.15) is 0 Å². The van der Waals surface area contributed by atoms with Crippen molar-refractivity contribution in [1.29, 1.82) is 5.26 Å². The van der Waals surface area contributed by atoms with Crippen LogP contribution in [-0.2, 0) is 0 Å². The van der Waals surface area contributed by atoms with Gasteiger partial charge in [0.15, 0.2) is 0 Å². The van der Waals surface area contributed by atoms with Crippen LogP contribution in [0.5, 0.6) is 0 Å². The molecule has 0 radical (unpaired) electrons. The molecule has 0 spiro atoms. The minimum Gasteiger partial charge on any atom is -0.384 e. The molecule has 3 heteroatoms. The first-order valence-corrected chi connectivity index (χ1v) is 4.59. The average Bonchev–Trinajstić information content (AvgIpc) is 2.49. The number of halogens is 1. The highest BCUT2D eigenvalue weighted by molar-refractivity contribution is 6.30. The highest BCUT2D eigenvalue weighted by Gasteiger charge is 2.21. The number of hydrogen-bond donors (Lipinski definition) is 1. The van der Waals surface area contributed by atoms with E-state index in [0.717, 1.165) is 17.3 Å². The molecule has 1 unspecified atom stereocenters. The zero-order valence-electron chi connectivity index (χ0n) is 7.05. The van der Waals surface area contributed by atoms with E-state index in [0.29, 0.717) is 12.3 Å². The Morgan fingerprint density at radius 2 is 2.46 bits per heavy atom. The predicted octanol–water partition coefficient (Wildman–Crippen LogP) is 2.76. The van der Waals surface area contributed by atoms with Gasteiger partial charge >= 0.3 is 0 Å². The van der Waals surface area contributed by atoms with E-state index < -0.39 is 0 Å². The Kier molecular flexibility index (Phi) is 2.12. The zero-order valence-corrected chi connectivity index (χ0v) is 7.80. The maximum Gasteiger partial charge on any atom is 0.0628 e. The molecule has 0 aromatic heterocycles. The van der Waals surface area contributed by atoms with Crippen molar-refractivity contribution in [3.05, 3.63) is 28.8 Å². The minimum atomic E-state index is 0.304. The summed E-state index contributed by atoms with van der Waals surface area (Å²) in [5.74, 6) is 0.304. The molecule has 1 aromatic rings. The van der Waals surface area contributed by atoms with Crippen molar-refractivity contribution in [2.75, 3.05) is 11.9 Å². The second-order valence-electron chi connectivity index (χ2n) is 3.17. The largest absolute Gasteiger partial charge is 0.384 e. The first kappa shape index (κ1) is 8.40. The number of rotatable bonds is 1. The van der Waals surface area contributed by atoms with Gasteiger partial charge in [-0.3, -0.25) is 0 Å². The lowest BCUT2D eigenvalue weighted by molar-refractivity contribution is 0.780. The van der Waals surface area contributed by atoms with Crippen molar-refractivity contribution in [3.63, 3.8) is 0 Å². The van der Waals surface area contributed by atoms with E-state index in [-0.39, 0.29) is 0 Å². The van der Waals surface area contributed by atoms with E-state index in [1.54, 1.807) is 0 Å². The molecule has 0 saturated heterocycles. The van der Waals surface area contributed by atoms with Crippen LogP contribution in [0.4, 0.5) is 5.69 Å². The summed E-state index contributed by atoms with van der Waals surface area (Å²) in [5, 5.41) is 12.6. The smallest absolute Gasteiger partial charge is 0.0628 e. The summed E-state index contributed by atoms with van der Waals surface area (Å²) < 4.78 is 0. The van der Waals surface area contributed by atoms with Crippen molar-refractivity contribution < 1.29 is 0 Å². The molecule has 0 fully saturated rings. The third-order valence-corrected chi connectivity index (χ3v) is 2.57. The van der Waals surface area contributed by atoms with Crippen molar-refractivity contribution in [3.8, 4) is 6.07 Å². The fourth-order valence-electron chi connectivity index (χ4n) is 1.67. The van der Waals surface area contributed by atoms with Crippen LogP contribution < -0.4 is 5.32 Å². The minimum absolute atomic E-state index is 0.304. The normalized spacial score (nSPS) is 18.9. The third-order valence-electron chi connectivity index (χ3n) is 2.33. The number of nitrogens with zero attached hydrogens (tertiary/aromatic N) is 1. The summed E-state index contributed by atoms with van der Waals surface area (Å²) >= 11 is 5.88. The van der Waals surface area contributed by atoms with Crippen molar-refractivity contribution in [2.45, 2.75) is 12.3 Å². The molecule has 1 aliphatic rings. The van der Waals surface area contributed by atoms with Gasteiger partial charge in [0.25, 0.3) is 0 Å². The van der Waals surface area contributed by atoms with Gasteiger partial charge in [-0.2, -0.15) is 5.26 Å². The number of anilines is 1. The summed E-state index contributed by atoms with van der Waals surface area (Å²) in [6, 6.07) is 7.96. The van der Waals surface area contributed by atoms with Crippen LogP contribution in [0.3, 0.4) is 0 Å². The second-order valence-corrected chi connectivity index (χ2v) is 3.61. The molecular formula is C10H9ClN2. The fourth-order valence-corrected chi connectivity index (χ4v) is 1.85. The number of fused-ring (bicyclic) bond motifs is 1. The quantitative estimate of drug-likeness (QED) is 0.743. The van der Waals surface area contributed by atoms with Gasteiger partial charge in [-0.15, -0.1) is 0 Å². The molecule has 2 nitrogen and oxygen atoms in total. The SMILES string of the molecule is N#CCC1CNc2ccc(Cl)cc21. The maximum absolute atomic E-state index is 8.61. The van der Waals surface area contributed by atoms with E-state index in [4.69, 9.17) is 16.9 Å². The molecule has 1 aromatic carbocycles. The van der Waals surface area contributed by atoms with Gasteiger partial charge in [0, 0.05) is 29.6 Å². The first-order chi connectivity index (χ1) is 6.31. The van der Waals surface area contributed by atoms with Crippen LogP contribution in [0.1, 0.15) is 17.9 Å². The molecule has 1 heterocycles. The maximum atomic E-state index is 8.61. The summed E-state index contributed by atoms with van der Waals surface area (Å²) in [5.41, 5.74) is 2.29. The van der Waals surface area contributed by atoms with Crippen molar-refractivity contribution in [1.82, 2.24) is 0 Å². The summed E-state index contributed by atoms with van der Waals surface area (Å²) in [4.78, 5) is 0. The molecule has 0 bridgehead atoms. The van der Waals surface area contributed by atoms with Crippen LogP contribution in [0.25, 0.3) is 0 Å². The monoisotopic (exact) mass is 192 g/mol. The van der Waals surface area contributed by atoms with Gasteiger partial charge in [-0.25, -0.2) is 0 Å². The van der Waals surface area contributed by atoms with Gasteiger partial charge < -0.3 is 5.32 Å². The summed E-state index contributed by atoms with van der Waals surface area (Å²) in [6.45, 7) is 0.850. The van der Waals surface area contributed by atoms with E-state index in [1.807, 2.05) is 18.2 Å². The molecule has 1 N–H and O–H groups in total. The Hall–Kier alpha value is -1.20. The highest BCUT2D eigenvalue weighted by atomic mass is 35.5. The number of benzene rings is 1. The topological polar surface area (TPSA) is 35.8 Å². The molecular weight excluding hydrogens is 184 g/mol. The molecule has 13 heavy (non-hydrogen) atoms.